The van der Waals surface area contributed by atoms with E-state index in [1.54, 1.807) is 11.6 Å². The summed E-state index contributed by atoms with van der Waals surface area (Å²) in [6.45, 7) is 4.84. The Morgan fingerprint density at radius 2 is 2.38 bits per heavy atom. The molecule has 0 spiro atoms. The van der Waals surface area contributed by atoms with Gasteiger partial charge in [-0.3, -0.25) is 14.4 Å². The first-order chi connectivity index (χ1) is 10.1. The van der Waals surface area contributed by atoms with Crippen molar-refractivity contribution < 1.29 is 4.74 Å². The SMILES string of the molecule is Cc1nc([C@@H]2CN(Cc3cnn(C)c3)CCO2)cc(=O)[nH]1. The largest absolute Gasteiger partial charge is 0.369 e. The van der Waals surface area contributed by atoms with Gasteiger partial charge in [-0.2, -0.15) is 5.10 Å². The summed E-state index contributed by atoms with van der Waals surface area (Å²) < 4.78 is 7.57. The second-order valence-electron chi connectivity index (χ2n) is 5.37. The molecule has 2 aromatic rings. The molecule has 1 saturated heterocycles. The van der Waals surface area contributed by atoms with Gasteiger partial charge < -0.3 is 9.72 Å². The minimum Gasteiger partial charge on any atom is -0.369 e. The summed E-state index contributed by atoms with van der Waals surface area (Å²) in [7, 11) is 1.91. The van der Waals surface area contributed by atoms with Gasteiger partial charge in [0.2, 0.25) is 0 Å². The van der Waals surface area contributed by atoms with Gasteiger partial charge in [0.1, 0.15) is 11.9 Å². The Morgan fingerprint density at radius 3 is 3.10 bits per heavy atom. The van der Waals surface area contributed by atoms with E-state index in [1.165, 1.54) is 11.6 Å². The van der Waals surface area contributed by atoms with E-state index in [-0.39, 0.29) is 11.7 Å². The molecular formula is C14H19N5O2. The number of H-pyrrole nitrogens is 1. The van der Waals surface area contributed by atoms with Crippen LogP contribution in [-0.4, -0.2) is 44.3 Å². The summed E-state index contributed by atoms with van der Waals surface area (Å²) >= 11 is 0. The highest BCUT2D eigenvalue weighted by molar-refractivity contribution is 5.08. The average Bonchev–Trinajstić information content (AvgIpc) is 2.83. The molecule has 21 heavy (non-hydrogen) atoms. The zero-order valence-electron chi connectivity index (χ0n) is 12.2. The van der Waals surface area contributed by atoms with Gasteiger partial charge in [0, 0.05) is 44.5 Å². The van der Waals surface area contributed by atoms with Crippen molar-refractivity contribution in [1.29, 1.82) is 0 Å². The van der Waals surface area contributed by atoms with Crippen molar-refractivity contribution >= 4 is 0 Å². The summed E-state index contributed by atoms with van der Waals surface area (Å²) in [5.74, 6) is 0.616. The third-order valence-electron chi connectivity index (χ3n) is 3.52. The zero-order valence-corrected chi connectivity index (χ0v) is 12.2. The molecule has 1 fully saturated rings. The Hall–Kier alpha value is -1.99. The van der Waals surface area contributed by atoms with E-state index < -0.39 is 0 Å². The maximum Gasteiger partial charge on any atom is 0.251 e. The van der Waals surface area contributed by atoms with E-state index in [0.717, 1.165) is 19.6 Å². The second kappa shape index (κ2) is 5.79. The lowest BCUT2D eigenvalue weighted by molar-refractivity contribution is -0.0351. The van der Waals surface area contributed by atoms with Gasteiger partial charge in [-0.05, 0) is 6.92 Å². The first-order valence-corrected chi connectivity index (χ1v) is 6.99. The number of aromatic amines is 1. The van der Waals surface area contributed by atoms with Crippen LogP contribution in [0.5, 0.6) is 0 Å². The van der Waals surface area contributed by atoms with Crippen LogP contribution in [0.25, 0.3) is 0 Å². The molecule has 112 valence electrons. The van der Waals surface area contributed by atoms with E-state index >= 15 is 0 Å². The van der Waals surface area contributed by atoms with Crippen molar-refractivity contribution in [2.75, 3.05) is 19.7 Å². The van der Waals surface area contributed by atoms with Gasteiger partial charge in [-0.15, -0.1) is 0 Å². The molecule has 1 aliphatic rings. The maximum atomic E-state index is 11.6. The molecule has 0 aromatic carbocycles. The van der Waals surface area contributed by atoms with E-state index in [1.807, 2.05) is 19.4 Å². The number of rotatable bonds is 3. The number of ether oxygens (including phenoxy) is 1. The van der Waals surface area contributed by atoms with Crippen molar-refractivity contribution in [3.8, 4) is 0 Å². The van der Waals surface area contributed by atoms with Crippen LogP contribution in [0.3, 0.4) is 0 Å². The summed E-state index contributed by atoms with van der Waals surface area (Å²) in [5.41, 5.74) is 1.74. The number of hydrogen-bond donors (Lipinski definition) is 1. The van der Waals surface area contributed by atoms with Gasteiger partial charge >= 0.3 is 0 Å². The minimum atomic E-state index is -0.156. The number of nitrogens with zero attached hydrogens (tertiary/aromatic N) is 4. The second-order valence-corrected chi connectivity index (χ2v) is 5.37. The highest BCUT2D eigenvalue weighted by Gasteiger charge is 2.23. The number of hydrogen-bond acceptors (Lipinski definition) is 5. The van der Waals surface area contributed by atoms with Gasteiger partial charge in [-0.1, -0.05) is 0 Å². The van der Waals surface area contributed by atoms with E-state index in [9.17, 15) is 4.79 Å². The number of morpholine rings is 1. The van der Waals surface area contributed by atoms with Crippen molar-refractivity contribution in [3.63, 3.8) is 0 Å². The fraction of sp³-hybridized carbons (Fsp3) is 0.500. The molecule has 1 N–H and O–H groups in total. The first kappa shape index (κ1) is 14.0. The molecule has 0 amide bonds. The Kier molecular flexibility index (Phi) is 3.85. The Morgan fingerprint density at radius 1 is 1.52 bits per heavy atom. The first-order valence-electron chi connectivity index (χ1n) is 6.99. The number of nitrogens with one attached hydrogen (secondary N) is 1. The lowest BCUT2D eigenvalue weighted by Crippen LogP contribution is -2.38. The smallest absolute Gasteiger partial charge is 0.251 e. The minimum absolute atomic E-state index is 0.134. The number of aromatic nitrogens is 4. The van der Waals surface area contributed by atoms with Crippen molar-refractivity contribution in [3.05, 3.63) is 45.9 Å². The predicted octanol–water partition coefficient (Wildman–Crippen LogP) is 0.385. The average molecular weight is 289 g/mol. The fourth-order valence-corrected chi connectivity index (χ4v) is 2.60. The van der Waals surface area contributed by atoms with Crippen LogP contribution in [0.2, 0.25) is 0 Å². The molecule has 1 atom stereocenters. The quantitative estimate of drug-likeness (QED) is 0.884. The molecule has 0 saturated carbocycles. The third-order valence-corrected chi connectivity index (χ3v) is 3.52. The molecule has 0 unspecified atom stereocenters. The Balaban J connectivity index is 1.71. The number of aryl methyl sites for hydroxylation is 2. The van der Waals surface area contributed by atoms with E-state index in [0.29, 0.717) is 18.1 Å². The molecular weight excluding hydrogens is 270 g/mol. The van der Waals surface area contributed by atoms with Crippen LogP contribution in [0.4, 0.5) is 0 Å². The summed E-state index contributed by atoms with van der Waals surface area (Å²) in [5, 5.41) is 4.18. The van der Waals surface area contributed by atoms with Crippen LogP contribution in [0.1, 0.15) is 23.2 Å². The molecule has 3 rings (SSSR count). The molecule has 3 heterocycles. The van der Waals surface area contributed by atoms with Crippen LogP contribution < -0.4 is 5.56 Å². The topological polar surface area (TPSA) is 76.0 Å². The summed E-state index contributed by atoms with van der Waals surface area (Å²) in [4.78, 5) is 20.9. The predicted molar refractivity (Wildman–Crippen MR) is 76.8 cm³/mol. The summed E-state index contributed by atoms with van der Waals surface area (Å²) in [6, 6.07) is 1.52. The molecule has 0 aliphatic carbocycles. The van der Waals surface area contributed by atoms with Crippen LogP contribution in [0.15, 0.2) is 23.3 Å². The third kappa shape index (κ3) is 3.37. The molecule has 7 nitrogen and oxygen atoms in total. The molecule has 1 aliphatic heterocycles. The van der Waals surface area contributed by atoms with Crippen molar-refractivity contribution in [1.82, 2.24) is 24.6 Å². The van der Waals surface area contributed by atoms with Crippen LogP contribution in [-0.2, 0) is 18.3 Å². The Bertz CT molecular complexity index is 678. The van der Waals surface area contributed by atoms with Crippen molar-refractivity contribution in [2.24, 2.45) is 7.05 Å². The normalized spacial score (nSPS) is 19.8. The molecule has 7 heteroatoms. The summed E-state index contributed by atoms with van der Waals surface area (Å²) in [6.07, 6.45) is 3.73. The fourth-order valence-electron chi connectivity index (χ4n) is 2.60. The Labute approximate surface area is 122 Å². The zero-order chi connectivity index (χ0) is 14.8. The lowest BCUT2D eigenvalue weighted by atomic mass is 10.2. The van der Waals surface area contributed by atoms with Gasteiger partial charge in [0.25, 0.3) is 5.56 Å². The molecule has 0 radical (unpaired) electrons. The monoisotopic (exact) mass is 289 g/mol. The molecule has 2 aromatic heterocycles. The van der Waals surface area contributed by atoms with E-state index in [4.69, 9.17) is 4.74 Å². The maximum absolute atomic E-state index is 11.6. The van der Waals surface area contributed by atoms with Crippen LogP contribution in [0, 0.1) is 6.92 Å². The highest BCUT2D eigenvalue weighted by Crippen LogP contribution is 2.20. The van der Waals surface area contributed by atoms with E-state index in [2.05, 4.69) is 20.0 Å². The van der Waals surface area contributed by atoms with Crippen LogP contribution >= 0.6 is 0 Å². The van der Waals surface area contributed by atoms with Gasteiger partial charge in [-0.25, -0.2) is 4.98 Å². The van der Waals surface area contributed by atoms with Gasteiger partial charge in [0.15, 0.2) is 0 Å². The van der Waals surface area contributed by atoms with Gasteiger partial charge in [0.05, 0.1) is 18.5 Å². The van der Waals surface area contributed by atoms with Crippen molar-refractivity contribution in [2.45, 2.75) is 19.6 Å². The lowest BCUT2D eigenvalue weighted by Gasteiger charge is -2.32. The molecule has 0 bridgehead atoms. The standard InChI is InChI=1S/C14H19N5O2/c1-10-16-12(5-14(20)17-10)13-9-19(3-4-21-13)8-11-6-15-18(2)7-11/h5-7,13H,3-4,8-9H2,1-2H3,(H,16,17,20)/t13-/m0/s1. The highest BCUT2D eigenvalue weighted by atomic mass is 16.5.